The molecule has 0 aliphatic carbocycles. The van der Waals surface area contributed by atoms with Crippen molar-refractivity contribution in [2.45, 2.75) is 50.7 Å². The van der Waals surface area contributed by atoms with Crippen molar-refractivity contribution in [3.8, 4) is 0 Å². The average Bonchev–Trinajstić information content (AvgIpc) is 2.78. The third-order valence-corrected chi connectivity index (χ3v) is 6.07. The minimum Gasteiger partial charge on any atom is -0.445 e. The van der Waals surface area contributed by atoms with E-state index in [1.807, 2.05) is 30.3 Å². The Labute approximate surface area is 174 Å². The van der Waals surface area contributed by atoms with E-state index in [2.05, 4.69) is 15.1 Å². The summed E-state index contributed by atoms with van der Waals surface area (Å²) in [5.41, 5.74) is 1.01. The minimum absolute atomic E-state index is 0.144. The molecule has 0 spiro atoms. The van der Waals surface area contributed by atoms with Crippen LogP contribution in [0.25, 0.3) is 0 Å². The van der Waals surface area contributed by atoms with E-state index in [1.54, 1.807) is 14.2 Å². The highest BCUT2D eigenvalue weighted by molar-refractivity contribution is 5.67. The van der Waals surface area contributed by atoms with Crippen LogP contribution >= 0.6 is 0 Å². The minimum atomic E-state index is -0.313. The van der Waals surface area contributed by atoms with Crippen molar-refractivity contribution < 1.29 is 19.0 Å². The Morgan fingerprint density at radius 2 is 1.69 bits per heavy atom. The molecule has 2 aliphatic heterocycles. The van der Waals surface area contributed by atoms with Crippen LogP contribution < -0.4 is 5.32 Å². The standard InChI is InChI=1S/C22H35N3O4/c1-27-21(28-2)16-24-12-10-20(11-13-24)25-14-8-19(9-15-25)23-22(26)29-17-18-6-4-3-5-7-18/h3-7,19-21H,8-17H2,1-2H3,(H,23,26). The van der Waals surface area contributed by atoms with Crippen molar-refractivity contribution in [2.75, 3.05) is 46.9 Å². The Balaban J connectivity index is 1.32. The Hall–Kier alpha value is -1.67. The highest BCUT2D eigenvalue weighted by atomic mass is 16.7. The normalized spacial score (nSPS) is 20.1. The molecule has 29 heavy (non-hydrogen) atoms. The quantitative estimate of drug-likeness (QED) is 0.671. The topological polar surface area (TPSA) is 63.3 Å². The number of ether oxygens (including phenoxy) is 3. The summed E-state index contributed by atoms with van der Waals surface area (Å²) in [5, 5.41) is 3.03. The summed E-state index contributed by atoms with van der Waals surface area (Å²) in [6.07, 6.45) is 3.86. The van der Waals surface area contributed by atoms with Crippen LogP contribution in [0.2, 0.25) is 0 Å². The van der Waals surface area contributed by atoms with Crippen molar-refractivity contribution in [2.24, 2.45) is 0 Å². The molecule has 0 radical (unpaired) electrons. The van der Waals surface area contributed by atoms with Gasteiger partial charge in [-0.05, 0) is 44.3 Å². The van der Waals surface area contributed by atoms with Crippen LogP contribution in [0.15, 0.2) is 30.3 Å². The number of amides is 1. The van der Waals surface area contributed by atoms with Crippen LogP contribution in [0, 0.1) is 0 Å². The monoisotopic (exact) mass is 405 g/mol. The van der Waals surface area contributed by atoms with Gasteiger partial charge in [-0.2, -0.15) is 0 Å². The van der Waals surface area contributed by atoms with Crippen LogP contribution in [0.4, 0.5) is 4.79 Å². The summed E-state index contributed by atoms with van der Waals surface area (Å²) in [4.78, 5) is 17.1. The van der Waals surface area contributed by atoms with E-state index in [0.717, 1.165) is 51.1 Å². The fourth-order valence-electron chi connectivity index (χ4n) is 4.26. The number of alkyl carbamates (subject to hydrolysis) is 1. The van der Waals surface area contributed by atoms with Gasteiger partial charge in [0.2, 0.25) is 0 Å². The molecule has 0 unspecified atom stereocenters. The second-order valence-corrected chi connectivity index (χ2v) is 7.95. The summed E-state index contributed by atoms with van der Waals surface area (Å²) in [5.74, 6) is 0. The molecule has 162 valence electrons. The maximum atomic E-state index is 12.1. The first-order valence-corrected chi connectivity index (χ1v) is 10.7. The maximum absolute atomic E-state index is 12.1. The SMILES string of the molecule is COC(CN1CCC(N2CCC(NC(=O)OCc3ccccc3)CC2)CC1)OC. The number of benzene rings is 1. The molecular formula is C22H35N3O4. The summed E-state index contributed by atoms with van der Waals surface area (Å²) in [6.45, 7) is 5.38. The molecule has 2 heterocycles. The molecular weight excluding hydrogens is 370 g/mol. The smallest absolute Gasteiger partial charge is 0.407 e. The van der Waals surface area contributed by atoms with E-state index in [0.29, 0.717) is 12.6 Å². The number of methoxy groups -OCH3 is 2. The first-order chi connectivity index (χ1) is 14.2. The van der Waals surface area contributed by atoms with Gasteiger partial charge >= 0.3 is 6.09 Å². The number of likely N-dealkylation sites (tertiary alicyclic amines) is 2. The Bertz CT molecular complexity index is 595. The number of rotatable bonds is 8. The lowest BCUT2D eigenvalue weighted by Gasteiger charge is -2.42. The third-order valence-electron chi connectivity index (χ3n) is 6.07. The van der Waals surface area contributed by atoms with Crippen LogP contribution in [0.1, 0.15) is 31.2 Å². The van der Waals surface area contributed by atoms with E-state index >= 15 is 0 Å². The summed E-state index contributed by atoms with van der Waals surface area (Å²) < 4.78 is 16.0. The number of nitrogens with zero attached hydrogens (tertiary/aromatic N) is 2. The number of nitrogens with one attached hydrogen (secondary N) is 1. The second-order valence-electron chi connectivity index (χ2n) is 7.95. The molecule has 0 bridgehead atoms. The van der Waals surface area contributed by atoms with Gasteiger partial charge < -0.3 is 24.4 Å². The summed E-state index contributed by atoms with van der Waals surface area (Å²) >= 11 is 0. The van der Waals surface area contributed by atoms with Crippen LogP contribution in [0.5, 0.6) is 0 Å². The van der Waals surface area contributed by atoms with Gasteiger partial charge in [-0.1, -0.05) is 30.3 Å². The molecule has 2 fully saturated rings. The molecule has 3 rings (SSSR count). The molecule has 7 heteroatoms. The molecule has 7 nitrogen and oxygen atoms in total. The second kappa shape index (κ2) is 11.5. The first-order valence-electron chi connectivity index (χ1n) is 10.7. The van der Waals surface area contributed by atoms with Gasteiger partial charge in [0, 0.05) is 45.9 Å². The molecule has 2 aliphatic rings. The molecule has 0 atom stereocenters. The van der Waals surface area contributed by atoms with Crippen molar-refractivity contribution in [3.05, 3.63) is 35.9 Å². The number of carbonyl (C=O) groups excluding carboxylic acids is 1. The number of carbonyl (C=O) groups is 1. The van der Waals surface area contributed by atoms with Crippen LogP contribution in [-0.2, 0) is 20.8 Å². The Morgan fingerprint density at radius 3 is 2.31 bits per heavy atom. The highest BCUT2D eigenvalue weighted by Gasteiger charge is 2.29. The zero-order chi connectivity index (χ0) is 20.5. The van der Waals surface area contributed by atoms with Crippen LogP contribution in [-0.4, -0.2) is 81.2 Å². The van der Waals surface area contributed by atoms with Gasteiger partial charge in [0.1, 0.15) is 6.61 Å². The van der Waals surface area contributed by atoms with E-state index in [1.165, 1.54) is 12.8 Å². The average molecular weight is 406 g/mol. The van der Waals surface area contributed by atoms with E-state index < -0.39 is 0 Å². The molecule has 1 aromatic rings. The lowest BCUT2D eigenvalue weighted by Crippen LogP contribution is -2.51. The molecule has 1 aromatic carbocycles. The van der Waals surface area contributed by atoms with E-state index in [4.69, 9.17) is 14.2 Å². The lowest BCUT2D eigenvalue weighted by atomic mass is 9.98. The summed E-state index contributed by atoms with van der Waals surface area (Å²) in [7, 11) is 3.38. The van der Waals surface area contributed by atoms with Crippen molar-refractivity contribution in [3.63, 3.8) is 0 Å². The van der Waals surface area contributed by atoms with Gasteiger partial charge in [-0.25, -0.2) is 4.79 Å². The zero-order valence-corrected chi connectivity index (χ0v) is 17.7. The van der Waals surface area contributed by atoms with Gasteiger partial charge in [-0.3, -0.25) is 4.90 Å². The number of hydrogen-bond donors (Lipinski definition) is 1. The Morgan fingerprint density at radius 1 is 1.03 bits per heavy atom. The fraction of sp³-hybridized carbons (Fsp3) is 0.682. The van der Waals surface area contributed by atoms with Crippen LogP contribution in [0.3, 0.4) is 0 Å². The van der Waals surface area contributed by atoms with Gasteiger partial charge in [0.15, 0.2) is 6.29 Å². The molecule has 0 saturated carbocycles. The van der Waals surface area contributed by atoms with Gasteiger partial charge in [0.05, 0.1) is 0 Å². The van der Waals surface area contributed by atoms with Crippen molar-refractivity contribution in [1.29, 1.82) is 0 Å². The van der Waals surface area contributed by atoms with Gasteiger partial charge in [0.25, 0.3) is 0 Å². The predicted molar refractivity (Wildman–Crippen MR) is 112 cm³/mol. The first kappa shape index (κ1) is 22.0. The third kappa shape index (κ3) is 6.96. The zero-order valence-electron chi connectivity index (χ0n) is 17.7. The predicted octanol–water partition coefficient (Wildman–Crippen LogP) is 2.46. The maximum Gasteiger partial charge on any atom is 0.407 e. The largest absolute Gasteiger partial charge is 0.445 e. The van der Waals surface area contributed by atoms with E-state index in [-0.39, 0.29) is 18.4 Å². The molecule has 1 N–H and O–H groups in total. The highest BCUT2D eigenvalue weighted by Crippen LogP contribution is 2.21. The molecule has 1 amide bonds. The number of piperidine rings is 2. The molecule has 2 saturated heterocycles. The van der Waals surface area contributed by atoms with Crippen molar-refractivity contribution >= 4 is 6.09 Å². The number of hydrogen-bond acceptors (Lipinski definition) is 6. The molecule has 0 aromatic heterocycles. The Kier molecular flexibility index (Phi) is 8.73. The van der Waals surface area contributed by atoms with E-state index in [9.17, 15) is 4.79 Å². The lowest BCUT2D eigenvalue weighted by molar-refractivity contribution is -0.119. The fourth-order valence-corrected chi connectivity index (χ4v) is 4.26. The van der Waals surface area contributed by atoms with Crippen molar-refractivity contribution in [1.82, 2.24) is 15.1 Å². The van der Waals surface area contributed by atoms with Gasteiger partial charge in [-0.15, -0.1) is 0 Å². The summed E-state index contributed by atoms with van der Waals surface area (Å²) in [6, 6.07) is 10.6.